The van der Waals surface area contributed by atoms with Crippen molar-refractivity contribution in [3.8, 4) is 0 Å². The van der Waals surface area contributed by atoms with Gasteiger partial charge in [0.25, 0.3) is 0 Å². The maximum Gasteiger partial charge on any atom is 0.323 e. The third-order valence-electron chi connectivity index (χ3n) is 3.69. The number of nitrogens with one attached hydrogen (secondary N) is 4. The summed E-state index contributed by atoms with van der Waals surface area (Å²) in [5.41, 5.74) is 2.96. The molecule has 0 radical (unpaired) electrons. The summed E-state index contributed by atoms with van der Waals surface area (Å²) in [6, 6.07) is 15.8. The third kappa shape index (κ3) is 5.59. The van der Waals surface area contributed by atoms with Gasteiger partial charge >= 0.3 is 6.03 Å². The molecule has 0 saturated carbocycles. The molecule has 4 N–H and O–H groups in total. The fraction of sp³-hybridized carbons (Fsp3) is 0.150. The van der Waals surface area contributed by atoms with Crippen molar-refractivity contribution in [2.75, 3.05) is 27.8 Å². The van der Waals surface area contributed by atoms with Crippen LogP contribution in [-0.2, 0) is 0 Å². The van der Waals surface area contributed by atoms with Crippen molar-refractivity contribution in [2.45, 2.75) is 13.8 Å². The molecule has 28 heavy (non-hydrogen) atoms. The van der Waals surface area contributed by atoms with E-state index in [1.807, 2.05) is 32.0 Å². The second-order valence-corrected chi connectivity index (χ2v) is 6.48. The van der Waals surface area contributed by atoms with E-state index in [4.69, 9.17) is 11.6 Å². The van der Waals surface area contributed by atoms with Crippen molar-refractivity contribution in [1.82, 2.24) is 9.97 Å². The molecular weight excluding hydrogens is 376 g/mol. The first kappa shape index (κ1) is 19.4. The lowest BCUT2D eigenvalue weighted by Gasteiger charge is -2.10. The van der Waals surface area contributed by atoms with Crippen molar-refractivity contribution in [1.29, 1.82) is 0 Å². The van der Waals surface area contributed by atoms with Crippen LogP contribution in [0.1, 0.15) is 12.6 Å². The Balaban J connectivity index is 1.61. The zero-order valence-electron chi connectivity index (χ0n) is 15.6. The van der Waals surface area contributed by atoms with Gasteiger partial charge in [0.15, 0.2) is 0 Å². The summed E-state index contributed by atoms with van der Waals surface area (Å²) in [4.78, 5) is 20.9. The second kappa shape index (κ2) is 9.05. The number of nitrogens with zero attached hydrogens (tertiary/aromatic N) is 2. The van der Waals surface area contributed by atoms with E-state index < -0.39 is 0 Å². The number of hydrogen-bond acceptors (Lipinski definition) is 5. The van der Waals surface area contributed by atoms with E-state index >= 15 is 0 Å². The Morgan fingerprint density at radius 3 is 2.39 bits per heavy atom. The molecule has 0 aliphatic carbocycles. The highest BCUT2D eigenvalue weighted by Gasteiger charge is 2.05. The first-order chi connectivity index (χ1) is 13.5. The first-order valence-electron chi connectivity index (χ1n) is 8.82. The summed E-state index contributed by atoms with van der Waals surface area (Å²) in [5, 5.41) is 12.4. The molecule has 1 heterocycles. The molecule has 0 atom stereocenters. The van der Waals surface area contributed by atoms with Crippen LogP contribution in [0.3, 0.4) is 0 Å². The monoisotopic (exact) mass is 396 g/mol. The molecule has 0 aliphatic rings. The Labute approximate surface area is 168 Å². The summed E-state index contributed by atoms with van der Waals surface area (Å²) in [5.74, 6) is 1.28. The number of aromatic nitrogens is 2. The van der Waals surface area contributed by atoms with E-state index in [-0.39, 0.29) is 6.03 Å². The third-order valence-corrected chi connectivity index (χ3v) is 3.93. The van der Waals surface area contributed by atoms with Gasteiger partial charge in [-0.1, -0.05) is 17.7 Å². The molecular formula is C20H21ClN6O. The van der Waals surface area contributed by atoms with E-state index in [0.29, 0.717) is 22.3 Å². The van der Waals surface area contributed by atoms with Gasteiger partial charge in [-0.25, -0.2) is 9.78 Å². The fourth-order valence-corrected chi connectivity index (χ4v) is 2.71. The number of carbonyl (C=O) groups excluding carboxylic acids is 1. The van der Waals surface area contributed by atoms with Crippen molar-refractivity contribution in [3.05, 3.63) is 65.3 Å². The van der Waals surface area contributed by atoms with Gasteiger partial charge in [0, 0.05) is 40.4 Å². The molecule has 1 aromatic heterocycles. The van der Waals surface area contributed by atoms with Gasteiger partial charge in [-0.15, -0.1) is 0 Å². The molecule has 3 rings (SSSR count). The minimum Gasteiger partial charge on any atom is -0.370 e. The number of aryl methyl sites for hydroxylation is 1. The number of halogens is 1. The standard InChI is InChI=1S/C20H21ClN6O/c1-3-22-18-11-13(2)23-19(27-18)24-15-7-9-16(10-8-15)25-20(28)26-17-6-4-5-14(21)12-17/h4-12H,3H2,1-2H3,(H2,25,26,28)(H2,22,23,24,27). The average molecular weight is 397 g/mol. The lowest BCUT2D eigenvalue weighted by molar-refractivity contribution is 0.262. The molecule has 0 fully saturated rings. The lowest BCUT2D eigenvalue weighted by atomic mass is 10.3. The van der Waals surface area contributed by atoms with E-state index in [2.05, 4.69) is 31.2 Å². The molecule has 0 bridgehead atoms. The molecule has 7 nitrogen and oxygen atoms in total. The summed E-state index contributed by atoms with van der Waals surface area (Å²) < 4.78 is 0. The largest absolute Gasteiger partial charge is 0.370 e. The molecule has 2 aromatic carbocycles. The van der Waals surface area contributed by atoms with Gasteiger partial charge in [-0.05, 0) is 56.3 Å². The normalized spacial score (nSPS) is 10.2. The fourth-order valence-electron chi connectivity index (χ4n) is 2.52. The van der Waals surface area contributed by atoms with E-state index in [1.165, 1.54) is 0 Å². The second-order valence-electron chi connectivity index (χ2n) is 6.04. The number of carbonyl (C=O) groups is 1. The number of anilines is 5. The van der Waals surface area contributed by atoms with Crippen molar-refractivity contribution >= 4 is 46.5 Å². The highest BCUT2D eigenvalue weighted by Crippen LogP contribution is 2.19. The van der Waals surface area contributed by atoms with Crippen LogP contribution in [0.4, 0.5) is 33.6 Å². The van der Waals surface area contributed by atoms with Gasteiger partial charge < -0.3 is 21.3 Å². The number of benzene rings is 2. The predicted octanol–water partition coefficient (Wildman–Crippen LogP) is 5.26. The number of rotatable bonds is 6. The quantitative estimate of drug-likeness (QED) is 0.456. The average Bonchev–Trinajstić information content (AvgIpc) is 2.63. The number of hydrogen-bond donors (Lipinski definition) is 4. The Morgan fingerprint density at radius 2 is 1.68 bits per heavy atom. The van der Waals surface area contributed by atoms with Gasteiger partial charge in [0.2, 0.25) is 5.95 Å². The summed E-state index contributed by atoms with van der Waals surface area (Å²) in [6.45, 7) is 4.71. The van der Waals surface area contributed by atoms with Crippen LogP contribution in [0.15, 0.2) is 54.6 Å². The van der Waals surface area contributed by atoms with Crippen LogP contribution in [0.5, 0.6) is 0 Å². The Hall–Kier alpha value is -3.32. The van der Waals surface area contributed by atoms with Crippen molar-refractivity contribution in [2.24, 2.45) is 0 Å². The maximum absolute atomic E-state index is 12.1. The molecule has 8 heteroatoms. The SMILES string of the molecule is CCNc1cc(C)nc(Nc2ccc(NC(=O)Nc3cccc(Cl)c3)cc2)n1. The minimum atomic E-state index is -0.347. The van der Waals surface area contributed by atoms with Crippen LogP contribution in [0, 0.1) is 6.92 Å². The van der Waals surface area contributed by atoms with Gasteiger partial charge in [0.1, 0.15) is 5.82 Å². The first-order valence-corrected chi connectivity index (χ1v) is 9.20. The van der Waals surface area contributed by atoms with Crippen LogP contribution in [0.2, 0.25) is 5.02 Å². The number of urea groups is 1. The molecule has 0 aliphatic heterocycles. The Bertz CT molecular complexity index is 961. The Morgan fingerprint density at radius 1 is 0.964 bits per heavy atom. The zero-order valence-corrected chi connectivity index (χ0v) is 16.3. The topological polar surface area (TPSA) is 91.0 Å². The zero-order chi connectivity index (χ0) is 19.9. The van der Waals surface area contributed by atoms with E-state index in [9.17, 15) is 4.79 Å². The highest BCUT2D eigenvalue weighted by molar-refractivity contribution is 6.30. The lowest BCUT2D eigenvalue weighted by Crippen LogP contribution is -2.19. The summed E-state index contributed by atoms with van der Waals surface area (Å²) in [7, 11) is 0. The van der Waals surface area contributed by atoms with E-state index in [1.54, 1.807) is 36.4 Å². The van der Waals surface area contributed by atoms with Gasteiger partial charge in [0.05, 0.1) is 0 Å². The van der Waals surface area contributed by atoms with Crippen molar-refractivity contribution < 1.29 is 4.79 Å². The number of amides is 2. The highest BCUT2D eigenvalue weighted by atomic mass is 35.5. The molecule has 0 spiro atoms. The van der Waals surface area contributed by atoms with Crippen LogP contribution >= 0.6 is 11.6 Å². The molecule has 2 amide bonds. The van der Waals surface area contributed by atoms with E-state index in [0.717, 1.165) is 23.7 Å². The van der Waals surface area contributed by atoms with Crippen LogP contribution < -0.4 is 21.3 Å². The summed E-state index contributed by atoms with van der Waals surface area (Å²) >= 11 is 5.92. The molecule has 0 unspecified atom stereocenters. The van der Waals surface area contributed by atoms with Gasteiger partial charge in [-0.2, -0.15) is 4.98 Å². The maximum atomic E-state index is 12.1. The molecule has 144 valence electrons. The van der Waals surface area contributed by atoms with Gasteiger partial charge in [-0.3, -0.25) is 0 Å². The Kier molecular flexibility index (Phi) is 6.29. The predicted molar refractivity (Wildman–Crippen MR) is 115 cm³/mol. The van der Waals surface area contributed by atoms with Crippen LogP contribution in [0.25, 0.3) is 0 Å². The molecule has 3 aromatic rings. The summed E-state index contributed by atoms with van der Waals surface area (Å²) in [6.07, 6.45) is 0. The van der Waals surface area contributed by atoms with Crippen LogP contribution in [-0.4, -0.2) is 22.5 Å². The molecule has 0 saturated heterocycles. The van der Waals surface area contributed by atoms with Crippen molar-refractivity contribution in [3.63, 3.8) is 0 Å². The smallest absolute Gasteiger partial charge is 0.323 e. The minimum absolute atomic E-state index is 0.347.